The van der Waals surface area contributed by atoms with E-state index in [1.165, 1.54) is 0 Å². The molecule has 4 N–H and O–H groups in total. The van der Waals surface area contributed by atoms with Gasteiger partial charge in [-0.2, -0.15) is 5.10 Å². The largest absolute Gasteiger partial charge is 0.394 e. The Morgan fingerprint density at radius 2 is 2.11 bits per heavy atom. The minimum absolute atomic E-state index is 0.0534. The standard InChI is InChI=1S/C12H20N6/c1-7(2)10-9(13)12(18(4)17-10)16-8(3)11-14-5-6-15-11/h5-8,16H,13H2,1-4H3,(H,14,15). The Morgan fingerprint density at radius 3 is 2.61 bits per heavy atom. The summed E-state index contributed by atoms with van der Waals surface area (Å²) in [6.07, 6.45) is 3.54. The lowest BCUT2D eigenvalue weighted by Gasteiger charge is -2.13. The van der Waals surface area contributed by atoms with Crippen molar-refractivity contribution in [2.75, 3.05) is 11.1 Å². The van der Waals surface area contributed by atoms with Crippen LogP contribution in [-0.4, -0.2) is 19.7 Å². The molecule has 0 fully saturated rings. The fourth-order valence-electron chi connectivity index (χ4n) is 1.95. The average Bonchev–Trinajstić information content (AvgIpc) is 2.92. The number of nitrogens with one attached hydrogen (secondary N) is 2. The quantitative estimate of drug-likeness (QED) is 0.772. The normalized spacial score (nSPS) is 12.9. The number of hydrogen-bond donors (Lipinski definition) is 3. The molecule has 6 heteroatoms. The van der Waals surface area contributed by atoms with Crippen LogP contribution in [0.25, 0.3) is 0 Å². The summed E-state index contributed by atoms with van der Waals surface area (Å²) in [5, 5.41) is 7.78. The van der Waals surface area contributed by atoms with Gasteiger partial charge in [-0.15, -0.1) is 0 Å². The van der Waals surface area contributed by atoms with Gasteiger partial charge in [0, 0.05) is 19.4 Å². The minimum atomic E-state index is 0.0534. The molecule has 0 spiro atoms. The monoisotopic (exact) mass is 248 g/mol. The highest BCUT2D eigenvalue weighted by Crippen LogP contribution is 2.29. The van der Waals surface area contributed by atoms with Crippen molar-refractivity contribution >= 4 is 11.5 Å². The Bertz CT molecular complexity index is 511. The molecule has 0 radical (unpaired) electrons. The lowest BCUT2D eigenvalue weighted by molar-refractivity contribution is 0.703. The molecule has 18 heavy (non-hydrogen) atoms. The topological polar surface area (TPSA) is 84.5 Å². The summed E-state index contributed by atoms with van der Waals surface area (Å²) in [6.45, 7) is 6.19. The van der Waals surface area contributed by atoms with Crippen LogP contribution < -0.4 is 11.1 Å². The van der Waals surface area contributed by atoms with Gasteiger partial charge >= 0.3 is 0 Å². The van der Waals surface area contributed by atoms with Crippen LogP contribution in [0.3, 0.4) is 0 Å². The van der Waals surface area contributed by atoms with Gasteiger partial charge in [0.05, 0.1) is 17.4 Å². The second-order valence-electron chi connectivity index (χ2n) is 4.77. The van der Waals surface area contributed by atoms with E-state index in [0.717, 1.165) is 17.3 Å². The number of H-pyrrole nitrogens is 1. The molecule has 2 heterocycles. The molecular formula is C12H20N6. The molecule has 0 aliphatic rings. The number of imidazole rings is 1. The molecule has 0 aliphatic heterocycles. The zero-order valence-electron chi connectivity index (χ0n) is 11.2. The van der Waals surface area contributed by atoms with Crippen LogP contribution in [0.15, 0.2) is 12.4 Å². The van der Waals surface area contributed by atoms with Crippen LogP contribution in [-0.2, 0) is 7.05 Å². The summed E-state index contributed by atoms with van der Waals surface area (Å²) in [7, 11) is 1.89. The van der Waals surface area contributed by atoms with Crippen LogP contribution in [0.2, 0.25) is 0 Å². The van der Waals surface area contributed by atoms with E-state index < -0.39 is 0 Å². The van der Waals surface area contributed by atoms with Crippen molar-refractivity contribution in [3.8, 4) is 0 Å². The highest BCUT2D eigenvalue weighted by atomic mass is 15.3. The Balaban J connectivity index is 2.24. The number of aromatic nitrogens is 4. The maximum atomic E-state index is 6.13. The number of hydrogen-bond acceptors (Lipinski definition) is 4. The van der Waals surface area contributed by atoms with Crippen LogP contribution in [0.5, 0.6) is 0 Å². The van der Waals surface area contributed by atoms with Crippen molar-refractivity contribution in [3.05, 3.63) is 23.9 Å². The second-order valence-corrected chi connectivity index (χ2v) is 4.77. The van der Waals surface area contributed by atoms with Crippen LogP contribution in [0.4, 0.5) is 11.5 Å². The molecule has 6 nitrogen and oxygen atoms in total. The lowest BCUT2D eigenvalue weighted by Crippen LogP contribution is -2.12. The van der Waals surface area contributed by atoms with Crippen molar-refractivity contribution in [1.29, 1.82) is 0 Å². The van der Waals surface area contributed by atoms with Crippen LogP contribution >= 0.6 is 0 Å². The first-order valence-electron chi connectivity index (χ1n) is 6.08. The molecule has 0 amide bonds. The molecule has 2 aromatic heterocycles. The van der Waals surface area contributed by atoms with Gasteiger partial charge in [0.25, 0.3) is 0 Å². The van der Waals surface area contributed by atoms with Gasteiger partial charge in [0.2, 0.25) is 0 Å². The fraction of sp³-hybridized carbons (Fsp3) is 0.500. The zero-order chi connectivity index (χ0) is 13.3. The second kappa shape index (κ2) is 4.72. The smallest absolute Gasteiger partial charge is 0.148 e. The Kier molecular flexibility index (Phi) is 3.27. The van der Waals surface area contributed by atoms with Gasteiger partial charge in [-0.25, -0.2) is 4.98 Å². The predicted octanol–water partition coefficient (Wildman–Crippen LogP) is 2.02. The summed E-state index contributed by atoms with van der Waals surface area (Å²) in [5.41, 5.74) is 7.77. The third kappa shape index (κ3) is 2.18. The van der Waals surface area contributed by atoms with E-state index in [4.69, 9.17) is 5.73 Å². The maximum absolute atomic E-state index is 6.13. The molecule has 1 unspecified atom stereocenters. The zero-order valence-corrected chi connectivity index (χ0v) is 11.2. The summed E-state index contributed by atoms with van der Waals surface area (Å²) in [4.78, 5) is 7.31. The SMILES string of the molecule is CC(C)c1nn(C)c(NC(C)c2ncc[nH]2)c1N. The molecule has 98 valence electrons. The first-order valence-corrected chi connectivity index (χ1v) is 6.08. The lowest BCUT2D eigenvalue weighted by atomic mass is 10.1. The first kappa shape index (κ1) is 12.5. The highest BCUT2D eigenvalue weighted by molar-refractivity contribution is 5.66. The summed E-state index contributed by atoms with van der Waals surface area (Å²) in [5.74, 6) is 2.02. The van der Waals surface area contributed by atoms with Crippen molar-refractivity contribution in [1.82, 2.24) is 19.7 Å². The van der Waals surface area contributed by atoms with E-state index in [1.807, 2.05) is 14.0 Å². The molecule has 2 aromatic rings. The van der Waals surface area contributed by atoms with Gasteiger partial charge in [-0.3, -0.25) is 4.68 Å². The molecule has 2 rings (SSSR count). The summed E-state index contributed by atoms with van der Waals surface area (Å²) < 4.78 is 1.78. The minimum Gasteiger partial charge on any atom is -0.394 e. The Labute approximate surface area is 107 Å². The average molecular weight is 248 g/mol. The first-order chi connectivity index (χ1) is 8.50. The van der Waals surface area contributed by atoms with E-state index in [9.17, 15) is 0 Å². The van der Waals surface area contributed by atoms with Crippen molar-refractivity contribution < 1.29 is 0 Å². The number of aromatic amines is 1. The van der Waals surface area contributed by atoms with E-state index in [1.54, 1.807) is 17.1 Å². The van der Waals surface area contributed by atoms with Crippen molar-refractivity contribution in [2.24, 2.45) is 7.05 Å². The third-order valence-electron chi connectivity index (χ3n) is 2.94. The Morgan fingerprint density at radius 1 is 1.39 bits per heavy atom. The number of anilines is 2. The number of rotatable bonds is 4. The van der Waals surface area contributed by atoms with Gasteiger partial charge < -0.3 is 16.0 Å². The third-order valence-corrected chi connectivity index (χ3v) is 2.94. The number of nitrogens with zero attached hydrogens (tertiary/aromatic N) is 3. The van der Waals surface area contributed by atoms with Gasteiger partial charge in [-0.1, -0.05) is 13.8 Å². The number of nitrogens with two attached hydrogens (primary N) is 1. The highest BCUT2D eigenvalue weighted by Gasteiger charge is 2.18. The molecule has 0 saturated carbocycles. The molecular weight excluding hydrogens is 228 g/mol. The van der Waals surface area contributed by atoms with Crippen molar-refractivity contribution in [2.45, 2.75) is 32.7 Å². The van der Waals surface area contributed by atoms with E-state index >= 15 is 0 Å². The van der Waals surface area contributed by atoms with Crippen LogP contribution in [0, 0.1) is 0 Å². The van der Waals surface area contributed by atoms with E-state index in [-0.39, 0.29) is 6.04 Å². The van der Waals surface area contributed by atoms with Gasteiger partial charge in [0.1, 0.15) is 11.6 Å². The number of aryl methyl sites for hydroxylation is 1. The molecule has 0 aliphatic carbocycles. The molecule has 0 bridgehead atoms. The summed E-state index contributed by atoms with van der Waals surface area (Å²) in [6, 6.07) is 0.0534. The summed E-state index contributed by atoms with van der Waals surface area (Å²) >= 11 is 0. The Hall–Kier alpha value is -1.98. The predicted molar refractivity (Wildman–Crippen MR) is 72.3 cm³/mol. The molecule has 0 aromatic carbocycles. The maximum Gasteiger partial charge on any atom is 0.148 e. The van der Waals surface area contributed by atoms with Gasteiger partial charge in [0.15, 0.2) is 0 Å². The number of nitrogen functional groups attached to an aromatic ring is 1. The molecule has 1 atom stereocenters. The van der Waals surface area contributed by atoms with Crippen molar-refractivity contribution in [3.63, 3.8) is 0 Å². The van der Waals surface area contributed by atoms with E-state index in [2.05, 4.69) is 34.2 Å². The van der Waals surface area contributed by atoms with Crippen LogP contribution in [0.1, 0.15) is 44.2 Å². The molecule has 0 saturated heterocycles. The van der Waals surface area contributed by atoms with E-state index in [0.29, 0.717) is 11.6 Å². The fourth-order valence-corrected chi connectivity index (χ4v) is 1.95. The van der Waals surface area contributed by atoms with Gasteiger partial charge in [-0.05, 0) is 12.8 Å².